The van der Waals surface area contributed by atoms with Crippen molar-refractivity contribution in [3.8, 4) is 0 Å². The Morgan fingerprint density at radius 3 is 2.75 bits per heavy atom. The summed E-state index contributed by atoms with van der Waals surface area (Å²) in [4.78, 5) is 16.2. The number of anilines is 1. The summed E-state index contributed by atoms with van der Waals surface area (Å²) in [5.74, 6) is 0. The molecule has 16 heavy (non-hydrogen) atoms. The highest BCUT2D eigenvalue weighted by Gasteiger charge is 2.13. The van der Waals surface area contributed by atoms with E-state index in [0.29, 0.717) is 16.7 Å². The fourth-order valence-electron chi connectivity index (χ4n) is 2.00. The van der Waals surface area contributed by atoms with E-state index in [1.54, 1.807) is 18.3 Å². The zero-order chi connectivity index (χ0) is 11.9. The third-order valence-electron chi connectivity index (χ3n) is 2.77. The lowest BCUT2D eigenvalue weighted by atomic mass is 10.2. The Hall–Kier alpha value is -1.84. The molecule has 0 aromatic carbocycles. The smallest absolute Gasteiger partial charge is 0.214 e. The highest BCUT2D eigenvalue weighted by atomic mass is 16.1. The molecular weight excluding hydrogens is 202 g/mol. The fraction of sp³-hybridized carbons (Fsp3) is 0.333. The maximum Gasteiger partial charge on any atom is 0.214 e. The number of nitrogens with two attached hydrogens (primary N) is 1. The maximum absolute atomic E-state index is 11.9. The summed E-state index contributed by atoms with van der Waals surface area (Å²) in [6.07, 6.45) is 1.69. The lowest BCUT2D eigenvalue weighted by Crippen LogP contribution is -2.19. The van der Waals surface area contributed by atoms with Gasteiger partial charge in [-0.25, -0.2) is 4.98 Å². The molecule has 0 fully saturated rings. The first-order valence-electron chi connectivity index (χ1n) is 5.29. The Labute approximate surface area is 93.7 Å². The summed E-state index contributed by atoms with van der Waals surface area (Å²) < 4.78 is 1.99. The predicted molar refractivity (Wildman–Crippen MR) is 65.5 cm³/mol. The first-order chi connectivity index (χ1) is 7.54. The second-order valence-corrected chi connectivity index (χ2v) is 4.17. The van der Waals surface area contributed by atoms with Crippen LogP contribution in [0.25, 0.3) is 11.0 Å². The number of nitrogen functional groups attached to an aromatic ring is 1. The van der Waals surface area contributed by atoms with E-state index < -0.39 is 0 Å². The third-order valence-corrected chi connectivity index (χ3v) is 2.77. The lowest BCUT2D eigenvalue weighted by molar-refractivity contribution is 0.598. The van der Waals surface area contributed by atoms with Gasteiger partial charge in [-0.2, -0.15) is 0 Å². The van der Waals surface area contributed by atoms with Crippen molar-refractivity contribution in [3.05, 3.63) is 34.2 Å². The van der Waals surface area contributed by atoms with Gasteiger partial charge in [-0.1, -0.05) is 0 Å². The second kappa shape index (κ2) is 3.63. The molecule has 0 bridgehead atoms. The molecule has 4 heteroatoms. The molecule has 2 aromatic rings. The molecule has 2 rings (SSSR count). The largest absolute Gasteiger partial charge is 0.394 e. The van der Waals surface area contributed by atoms with Crippen LogP contribution in [0, 0.1) is 6.92 Å². The fourth-order valence-corrected chi connectivity index (χ4v) is 2.00. The van der Waals surface area contributed by atoms with Crippen LogP contribution >= 0.6 is 0 Å². The molecule has 0 unspecified atom stereocenters. The normalized spacial score (nSPS) is 11.2. The van der Waals surface area contributed by atoms with Crippen molar-refractivity contribution in [2.24, 2.45) is 0 Å². The minimum atomic E-state index is -0.127. The van der Waals surface area contributed by atoms with Crippen LogP contribution in [0.3, 0.4) is 0 Å². The van der Waals surface area contributed by atoms with E-state index in [4.69, 9.17) is 5.73 Å². The van der Waals surface area contributed by atoms with Crippen molar-refractivity contribution in [2.45, 2.75) is 26.8 Å². The van der Waals surface area contributed by atoms with E-state index in [-0.39, 0.29) is 11.5 Å². The highest BCUT2D eigenvalue weighted by molar-refractivity contribution is 5.79. The number of hydrogen-bond acceptors (Lipinski definition) is 3. The van der Waals surface area contributed by atoms with Crippen molar-refractivity contribution < 1.29 is 0 Å². The van der Waals surface area contributed by atoms with Crippen LogP contribution in [0.15, 0.2) is 23.1 Å². The quantitative estimate of drug-likeness (QED) is 0.793. The third kappa shape index (κ3) is 1.38. The summed E-state index contributed by atoms with van der Waals surface area (Å²) in [7, 11) is 0. The van der Waals surface area contributed by atoms with Crippen LogP contribution in [-0.2, 0) is 0 Å². The summed E-state index contributed by atoms with van der Waals surface area (Å²) >= 11 is 0. The van der Waals surface area contributed by atoms with Crippen LogP contribution in [0.4, 0.5) is 5.69 Å². The Kier molecular flexibility index (Phi) is 2.42. The minimum absolute atomic E-state index is 0.127. The summed E-state index contributed by atoms with van der Waals surface area (Å²) in [5, 5.41) is 0.583. The van der Waals surface area contributed by atoms with Crippen molar-refractivity contribution >= 4 is 16.7 Å². The molecule has 84 valence electrons. The molecule has 0 radical (unpaired) electrons. The zero-order valence-corrected chi connectivity index (χ0v) is 9.69. The number of pyridine rings is 2. The van der Waals surface area contributed by atoms with Gasteiger partial charge in [-0.05, 0) is 32.9 Å². The summed E-state index contributed by atoms with van der Waals surface area (Å²) in [6, 6.07) is 3.74. The Bertz CT molecular complexity index is 599. The Morgan fingerprint density at radius 1 is 1.44 bits per heavy atom. The van der Waals surface area contributed by atoms with Gasteiger partial charge >= 0.3 is 0 Å². The van der Waals surface area contributed by atoms with Gasteiger partial charge in [-0.15, -0.1) is 0 Å². The second-order valence-electron chi connectivity index (χ2n) is 4.17. The molecule has 2 heterocycles. The topological polar surface area (TPSA) is 60.9 Å². The molecule has 0 saturated heterocycles. The minimum Gasteiger partial charge on any atom is -0.394 e. The average molecular weight is 217 g/mol. The molecule has 0 aliphatic rings. The van der Waals surface area contributed by atoms with Crippen LogP contribution in [0.1, 0.15) is 25.6 Å². The SMILES string of the molecule is Cc1c(N)c(=O)c2cccnc2n1C(C)C. The van der Waals surface area contributed by atoms with E-state index in [0.717, 1.165) is 5.69 Å². The number of fused-ring (bicyclic) bond motifs is 1. The molecule has 0 aliphatic carbocycles. The number of hydrogen-bond donors (Lipinski definition) is 1. The van der Waals surface area contributed by atoms with Crippen molar-refractivity contribution in [1.29, 1.82) is 0 Å². The monoisotopic (exact) mass is 217 g/mol. The standard InChI is InChI=1S/C12H15N3O/c1-7(2)15-8(3)10(13)11(16)9-5-4-6-14-12(9)15/h4-7H,13H2,1-3H3. The number of rotatable bonds is 1. The molecule has 0 amide bonds. The van der Waals surface area contributed by atoms with E-state index in [1.165, 1.54) is 0 Å². The first-order valence-corrected chi connectivity index (χ1v) is 5.29. The van der Waals surface area contributed by atoms with E-state index in [1.807, 2.05) is 25.3 Å². The van der Waals surface area contributed by atoms with Crippen LogP contribution in [0.2, 0.25) is 0 Å². The van der Waals surface area contributed by atoms with Gasteiger partial charge in [0, 0.05) is 17.9 Å². The number of nitrogens with zero attached hydrogens (tertiary/aromatic N) is 2. The van der Waals surface area contributed by atoms with Crippen LogP contribution in [-0.4, -0.2) is 9.55 Å². The van der Waals surface area contributed by atoms with E-state index in [9.17, 15) is 4.79 Å². The highest BCUT2D eigenvalue weighted by Crippen LogP contribution is 2.19. The molecular formula is C12H15N3O. The zero-order valence-electron chi connectivity index (χ0n) is 9.69. The lowest BCUT2D eigenvalue weighted by Gasteiger charge is -2.18. The van der Waals surface area contributed by atoms with Gasteiger partial charge in [0.05, 0.1) is 11.1 Å². The Balaban J connectivity index is 3.04. The van der Waals surface area contributed by atoms with Crippen molar-refractivity contribution in [3.63, 3.8) is 0 Å². The maximum atomic E-state index is 11.9. The van der Waals surface area contributed by atoms with E-state index >= 15 is 0 Å². The average Bonchev–Trinajstić information content (AvgIpc) is 2.26. The molecule has 2 N–H and O–H groups in total. The van der Waals surface area contributed by atoms with Gasteiger partial charge < -0.3 is 10.3 Å². The summed E-state index contributed by atoms with van der Waals surface area (Å²) in [6.45, 7) is 5.95. The summed E-state index contributed by atoms with van der Waals surface area (Å²) in [5.41, 5.74) is 7.50. The van der Waals surface area contributed by atoms with Gasteiger partial charge in [0.2, 0.25) is 5.43 Å². The van der Waals surface area contributed by atoms with Gasteiger partial charge in [0.25, 0.3) is 0 Å². The van der Waals surface area contributed by atoms with Gasteiger partial charge in [-0.3, -0.25) is 4.79 Å². The first kappa shape index (κ1) is 10.7. The molecule has 0 aliphatic heterocycles. The molecule has 4 nitrogen and oxygen atoms in total. The van der Waals surface area contributed by atoms with E-state index in [2.05, 4.69) is 4.98 Å². The van der Waals surface area contributed by atoms with Gasteiger partial charge in [0.1, 0.15) is 5.65 Å². The molecule has 0 atom stereocenters. The molecule has 0 spiro atoms. The molecule has 0 saturated carbocycles. The predicted octanol–water partition coefficient (Wildman–Crippen LogP) is 1.87. The Morgan fingerprint density at radius 2 is 2.12 bits per heavy atom. The van der Waals surface area contributed by atoms with Gasteiger partial charge in [0.15, 0.2) is 0 Å². The van der Waals surface area contributed by atoms with Crippen molar-refractivity contribution in [2.75, 3.05) is 5.73 Å². The van der Waals surface area contributed by atoms with Crippen molar-refractivity contribution in [1.82, 2.24) is 9.55 Å². The molecule has 2 aromatic heterocycles. The van der Waals surface area contributed by atoms with Crippen LogP contribution in [0.5, 0.6) is 0 Å². The van der Waals surface area contributed by atoms with Crippen LogP contribution < -0.4 is 11.2 Å². The number of aromatic nitrogens is 2.